The fourth-order valence-electron chi connectivity index (χ4n) is 5.11. The maximum absolute atomic E-state index is 12.2. The van der Waals surface area contributed by atoms with Crippen LogP contribution in [-0.2, 0) is 19.6 Å². The highest BCUT2D eigenvalue weighted by atomic mass is 32.2. The normalized spacial score (nSPS) is 15.9. The van der Waals surface area contributed by atoms with Crippen LogP contribution < -0.4 is 5.11 Å². The molecule has 0 saturated heterocycles. The molecular weight excluding hydrogens is 614 g/mol. The lowest BCUT2D eigenvalue weighted by Gasteiger charge is -2.23. The van der Waals surface area contributed by atoms with E-state index in [1.807, 2.05) is 6.08 Å². The monoisotopic (exact) mass is 678 g/mol. The lowest BCUT2D eigenvalue weighted by molar-refractivity contribution is -0.219. The van der Waals surface area contributed by atoms with Crippen molar-refractivity contribution >= 4 is 22.0 Å². The van der Waals surface area contributed by atoms with Gasteiger partial charge in [0.05, 0.1) is 36.7 Å². The van der Waals surface area contributed by atoms with Gasteiger partial charge in [-0.3, -0.25) is 9.35 Å². The third kappa shape index (κ3) is 29.8. The summed E-state index contributed by atoms with van der Waals surface area (Å²) in [6.07, 6.45) is 17.3. The van der Waals surface area contributed by atoms with Crippen LogP contribution in [-0.4, -0.2) is 88.1 Å². The van der Waals surface area contributed by atoms with E-state index < -0.39 is 46.2 Å². The molecule has 0 fully saturated rings. The Kier molecular flexibility index (Phi) is 27.5. The SMILES string of the molecule is CCCCC/C=C/C(O)CCCCCCCCCCCCCC(=O)OC(C)C[C@H](O)[C@H](O)C[C@H](O)CCC([O-])=NCCS(=O)(=O)O. The number of rotatable bonds is 31. The minimum absolute atomic E-state index is 0.00200. The molecule has 5 atom stereocenters. The van der Waals surface area contributed by atoms with E-state index >= 15 is 0 Å². The Morgan fingerprint density at radius 2 is 1.37 bits per heavy atom. The minimum Gasteiger partial charge on any atom is -0.862 e. The molecule has 5 N–H and O–H groups in total. The van der Waals surface area contributed by atoms with E-state index in [1.165, 1.54) is 57.8 Å². The van der Waals surface area contributed by atoms with Crippen LogP contribution in [0, 0.1) is 0 Å². The second kappa shape index (κ2) is 28.4. The fourth-order valence-corrected chi connectivity index (χ4v) is 5.43. The molecule has 0 radical (unpaired) electrons. The Labute approximate surface area is 278 Å². The van der Waals surface area contributed by atoms with Crippen molar-refractivity contribution in [3.63, 3.8) is 0 Å². The zero-order chi connectivity index (χ0) is 34.6. The van der Waals surface area contributed by atoms with Crippen molar-refractivity contribution < 1.29 is 48.0 Å². The molecule has 0 amide bonds. The van der Waals surface area contributed by atoms with Crippen molar-refractivity contribution in [1.82, 2.24) is 0 Å². The first-order chi connectivity index (χ1) is 21.8. The highest BCUT2D eigenvalue weighted by Gasteiger charge is 2.23. The third-order valence-electron chi connectivity index (χ3n) is 7.91. The van der Waals surface area contributed by atoms with E-state index in [2.05, 4.69) is 18.0 Å². The molecule has 0 aliphatic carbocycles. The van der Waals surface area contributed by atoms with Gasteiger partial charge in [-0.1, -0.05) is 96.1 Å². The van der Waals surface area contributed by atoms with Crippen LogP contribution in [0.1, 0.15) is 149 Å². The van der Waals surface area contributed by atoms with Crippen molar-refractivity contribution in [1.29, 1.82) is 0 Å². The lowest BCUT2D eigenvalue weighted by Crippen LogP contribution is -2.34. The molecule has 0 saturated carbocycles. The number of hydrogen-bond acceptors (Lipinski definition) is 10. The molecule has 0 aromatic rings. The molecule has 272 valence electrons. The molecular formula is C34H64NO10S-. The van der Waals surface area contributed by atoms with Crippen LogP contribution in [0.2, 0.25) is 0 Å². The van der Waals surface area contributed by atoms with Gasteiger partial charge in [0.15, 0.2) is 0 Å². The number of ether oxygens (including phenoxy) is 1. The first-order valence-electron chi connectivity index (χ1n) is 17.6. The molecule has 0 rings (SSSR count). The second-order valence-electron chi connectivity index (χ2n) is 12.6. The van der Waals surface area contributed by atoms with Gasteiger partial charge in [-0.05, 0) is 51.3 Å². The predicted molar refractivity (Wildman–Crippen MR) is 180 cm³/mol. The number of nitrogens with zero attached hydrogens (tertiary/aromatic N) is 1. The average Bonchev–Trinajstić information content (AvgIpc) is 2.97. The molecule has 0 spiro atoms. The maximum atomic E-state index is 12.2. The number of carbonyl (C=O) groups excluding carboxylic acids is 1. The van der Waals surface area contributed by atoms with Crippen LogP contribution in [0.5, 0.6) is 0 Å². The average molecular weight is 679 g/mol. The molecule has 0 aliphatic rings. The number of esters is 1. The second-order valence-corrected chi connectivity index (χ2v) is 14.2. The van der Waals surface area contributed by atoms with Gasteiger partial charge in [-0.15, -0.1) is 0 Å². The number of aliphatic imine (C=N–C) groups is 1. The van der Waals surface area contributed by atoms with Gasteiger partial charge in [-0.2, -0.15) is 8.42 Å². The van der Waals surface area contributed by atoms with Crippen LogP contribution in [0.3, 0.4) is 0 Å². The van der Waals surface area contributed by atoms with Crippen LogP contribution in [0.4, 0.5) is 0 Å². The highest BCUT2D eigenvalue weighted by Crippen LogP contribution is 2.16. The van der Waals surface area contributed by atoms with E-state index in [4.69, 9.17) is 9.29 Å². The van der Waals surface area contributed by atoms with Crippen molar-refractivity contribution in [3.05, 3.63) is 12.2 Å². The summed E-state index contributed by atoms with van der Waals surface area (Å²) in [4.78, 5) is 15.6. The molecule has 0 bridgehead atoms. The molecule has 0 aromatic heterocycles. The number of carbonyl (C=O) groups is 1. The number of aliphatic hydroxyl groups excluding tert-OH is 4. The van der Waals surface area contributed by atoms with Crippen molar-refractivity contribution in [3.8, 4) is 0 Å². The molecule has 12 heteroatoms. The summed E-state index contributed by atoms with van der Waals surface area (Å²) in [5.41, 5.74) is 0. The Morgan fingerprint density at radius 1 is 0.804 bits per heavy atom. The molecule has 0 aromatic carbocycles. The van der Waals surface area contributed by atoms with Gasteiger partial charge in [0.1, 0.15) is 6.10 Å². The molecule has 0 heterocycles. The standard InChI is InChI=1S/C34H65NO10S/c1-3-4-5-13-16-19-29(36)20-17-14-11-9-7-6-8-10-12-15-18-21-34(41)45-28(2)26-31(38)32(39)27-30(37)22-23-33(40)35-24-25-46(42,43)44/h16,19,28-32,36-39H,3-15,17-18,20-27H2,1-2H3,(H,35,40)(H,42,43,44)/p-1/b19-16+/t28?,29?,30-,31+,32-/m1/s1. The van der Waals surface area contributed by atoms with Crippen LogP contribution in [0.25, 0.3) is 0 Å². The Hall–Kier alpha value is -1.57. The van der Waals surface area contributed by atoms with Gasteiger partial charge >= 0.3 is 5.97 Å². The van der Waals surface area contributed by atoms with Crippen molar-refractivity contribution in [2.45, 2.75) is 179 Å². The molecule has 11 nitrogen and oxygen atoms in total. The summed E-state index contributed by atoms with van der Waals surface area (Å²) in [6, 6.07) is 0. The molecule has 0 aliphatic heterocycles. The topological polar surface area (TPSA) is 197 Å². The number of allylic oxidation sites excluding steroid dienone is 1. The summed E-state index contributed by atoms with van der Waals surface area (Å²) in [5.74, 6) is -1.64. The van der Waals surface area contributed by atoms with Crippen LogP contribution >= 0.6 is 0 Å². The quantitative estimate of drug-likeness (QED) is 0.0170. The van der Waals surface area contributed by atoms with E-state index in [9.17, 15) is 38.7 Å². The van der Waals surface area contributed by atoms with E-state index in [0.717, 1.165) is 44.9 Å². The Morgan fingerprint density at radius 3 is 1.96 bits per heavy atom. The summed E-state index contributed by atoms with van der Waals surface area (Å²) in [7, 11) is -4.21. The number of aliphatic hydroxyl groups is 4. The first-order valence-corrected chi connectivity index (χ1v) is 19.2. The zero-order valence-electron chi connectivity index (χ0n) is 28.4. The summed E-state index contributed by atoms with van der Waals surface area (Å²) >= 11 is 0. The lowest BCUT2D eigenvalue weighted by atomic mass is 9.99. The first kappa shape index (κ1) is 44.4. The van der Waals surface area contributed by atoms with Gasteiger partial charge in [0, 0.05) is 19.3 Å². The highest BCUT2D eigenvalue weighted by molar-refractivity contribution is 7.85. The Bertz CT molecular complexity index is 912. The predicted octanol–water partition coefficient (Wildman–Crippen LogP) is 4.78. The van der Waals surface area contributed by atoms with Crippen molar-refractivity contribution in [2.24, 2.45) is 4.99 Å². The van der Waals surface area contributed by atoms with Crippen molar-refractivity contribution in [2.75, 3.05) is 12.3 Å². The maximum Gasteiger partial charge on any atom is 0.306 e. The Balaban J connectivity index is 3.78. The van der Waals surface area contributed by atoms with E-state index in [1.54, 1.807) is 6.92 Å². The molecule has 46 heavy (non-hydrogen) atoms. The van der Waals surface area contributed by atoms with E-state index in [0.29, 0.717) is 6.42 Å². The summed E-state index contributed by atoms with van der Waals surface area (Å²) in [5, 5.41) is 52.1. The van der Waals surface area contributed by atoms with Gasteiger partial charge < -0.3 is 35.3 Å². The van der Waals surface area contributed by atoms with E-state index in [-0.39, 0.29) is 44.3 Å². The minimum atomic E-state index is -4.21. The number of hydrogen-bond donors (Lipinski definition) is 5. The summed E-state index contributed by atoms with van der Waals surface area (Å²) < 4.78 is 35.2. The van der Waals surface area contributed by atoms with Crippen LogP contribution in [0.15, 0.2) is 17.1 Å². The smallest absolute Gasteiger partial charge is 0.306 e. The summed E-state index contributed by atoms with van der Waals surface area (Å²) in [6.45, 7) is 3.45. The molecule has 2 unspecified atom stereocenters. The zero-order valence-corrected chi connectivity index (χ0v) is 29.3. The third-order valence-corrected chi connectivity index (χ3v) is 8.60. The largest absolute Gasteiger partial charge is 0.862 e. The van der Waals surface area contributed by atoms with Gasteiger partial charge in [0.25, 0.3) is 10.1 Å². The number of unbranched alkanes of at least 4 members (excludes halogenated alkanes) is 13. The van der Waals surface area contributed by atoms with Gasteiger partial charge in [0.2, 0.25) is 0 Å². The van der Waals surface area contributed by atoms with Gasteiger partial charge in [-0.25, -0.2) is 0 Å². The fraction of sp³-hybridized carbons (Fsp3) is 0.882.